The highest BCUT2D eigenvalue weighted by molar-refractivity contribution is 8.00. The molecule has 51 heavy (non-hydrogen) atoms. The standard InChI is InChI=1S/C48H31NOS/c1-2-12-30(13-3-1)31-14-10-15-32(26-31)33-27-34(36-19-11-23-45-46(36)40-18-6-9-22-44(40)51-45)29-35(28-33)49-41-20-7-4-17-39(41)47-42(49)25-24-38-37-16-5-8-21-43(37)50-48(38)47/h1-29,40,44H. The van der Waals surface area contributed by atoms with Crippen molar-refractivity contribution in [2.75, 3.05) is 0 Å². The topological polar surface area (TPSA) is 18.1 Å². The highest BCUT2D eigenvalue weighted by Gasteiger charge is 2.33. The summed E-state index contributed by atoms with van der Waals surface area (Å²) in [5.74, 6) is 0.356. The monoisotopic (exact) mass is 669 g/mol. The van der Waals surface area contributed by atoms with E-state index in [2.05, 4.69) is 174 Å². The van der Waals surface area contributed by atoms with Crippen molar-refractivity contribution in [3.05, 3.63) is 182 Å². The van der Waals surface area contributed by atoms with Crippen molar-refractivity contribution in [3.8, 4) is 39.1 Å². The molecule has 2 atom stereocenters. The number of aromatic nitrogens is 1. The van der Waals surface area contributed by atoms with Crippen LogP contribution in [0.25, 0.3) is 82.8 Å². The maximum absolute atomic E-state index is 6.64. The highest BCUT2D eigenvalue weighted by Crippen LogP contribution is 2.52. The number of furan rings is 1. The second kappa shape index (κ2) is 11.2. The molecule has 0 saturated carbocycles. The molecule has 2 unspecified atom stereocenters. The largest absolute Gasteiger partial charge is 0.455 e. The van der Waals surface area contributed by atoms with Crippen molar-refractivity contribution in [3.63, 3.8) is 0 Å². The summed E-state index contributed by atoms with van der Waals surface area (Å²) < 4.78 is 9.08. The predicted molar refractivity (Wildman–Crippen MR) is 215 cm³/mol. The molecule has 1 aliphatic heterocycles. The second-order valence-corrected chi connectivity index (χ2v) is 14.8. The molecule has 2 aromatic heterocycles. The molecule has 1 aliphatic carbocycles. The maximum Gasteiger partial charge on any atom is 0.145 e. The van der Waals surface area contributed by atoms with Crippen LogP contribution in [0.15, 0.2) is 185 Å². The van der Waals surface area contributed by atoms with E-state index in [0.717, 1.165) is 44.0 Å². The van der Waals surface area contributed by atoms with E-state index in [0.29, 0.717) is 11.2 Å². The van der Waals surface area contributed by atoms with Crippen LogP contribution in [0.1, 0.15) is 11.5 Å². The zero-order chi connectivity index (χ0) is 33.5. The van der Waals surface area contributed by atoms with Crippen LogP contribution in [0.2, 0.25) is 0 Å². The molecule has 0 radical (unpaired) electrons. The third-order valence-corrected chi connectivity index (χ3v) is 12.0. The van der Waals surface area contributed by atoms with Crippen molar-refractivity contribution < 1.29 is 4.42 Å². The minimum atomic E-state index is 0.356. The van der Waals surface area contributed by atoms with E-state index in [9.17, 15) is 0 Å². The fourth-order valence-corrected chi connectivity index (χ4v) is 9.80. The minimum absolute atomic E-state index is 0.356. The lowest BCUT2D eigenvalue weighted by Gasteiger charge is -2.19. The first-order valence-electron chi connectivity index (χ1n) is 17.6. The van der Waals surface area contributed by atoms with E-state index in [-0.39, 0.29) is 0 Å². The van der Waals surface area contributed by atoms with Gasteiger partial charge in [-0.3, -0.25) is 0 Å². The molecule has 0 spiro atoms. The highest BCUT2D eigenvalue weighted by atomic mass is 32.2. The molecule has 3 heterocycles. The average molecular weight is 670 g/mol. The number of rotatable bonds is 4. The van der Waals surface area contributed by atoms with Crippen LogP contribution in [0.3, 0.4) is 0 Å². The number of thioether (sulfide) groups is 1. The lowest BCUT2D eigenvalue weighted by atomic mass is 9.86. The quantitative estimate of drug-likeness (QED) is 0.186. The molecule has 0 bridgehead atoms. The summed E-state index contributed by atoms with van der Waals surface area (Å²) in [6.07, 6.45) is 9.14. The number of benzene rings is 7. The van der Waals surface area contributed by atoms with Gasteiger partial charge in [0.05, 0.1) is 16.4 Å². The first-order valence-corrected chi connectivity index (χ1v) is 18.5. The zero-order valence-corrected chi connectivity index (χ0v) is 28.5. The smallest absolute Gasteiger partial charge is 0.145 e. The Hall–Kier alpha value is -6.03. The van der Waals surface area contributed by atoms with E-state index < -0.39 is 0 Å². The molecule has 3 heteroatoms. The van der Waals surface area contributed by atoms with Gasteiger partial charge in [-0.15, -0.1) is 11.8 Å². The van der Waals surface area contributed by atoms with Gasteiger partial charge in [0.25, 0.3) is 0 Å². The summed E-state index contributed by atoms with van der Waals surface area (Å²) in [4.78, 5) is 1.38. The van der Waals surface area contributed by atoms with Crippen molar-refractivity contribution in [1.29, 1.82) is 0 Å². The Balaban J connectivity index is 1.20. The first kappa shape index (κ1) is 28.8. The fourth-order valence-electron chi connectivity index (χ4n) is 8.43. The van der Waals surface area contributed by atoms with Gasteiger partial charge in [0.15, 0.2) is 0 Å². The van der Waals surface area contributed by atoms with Crippen LogP contribution in [0.5, 0.6) is 0 Å². The van der Waals surface area contributed by atoms with Crippen molar-refractivity contribution in [1.82, 2.24) is 4.57 Å². The molecule has 240 valence electrons. The van der Waals surface area contributed by atoms with E-state index in [1.54, 1.807) is 0 Å². The first-order chi connectivity index (χ1) is 25.3. The fraction of sp³-hybridized carbons (Fsp3) is 0.0417. The predicted octanol–water partition coefficient (Wildman–Crippen LogP) is 13.4. The maximum atomic E-state index is 6.64. The number of allylic oxidation sites excluding steroid dienone is 3. The van der Waals surface area contributed by atoms with Crippen molar-refractivity contribution in [2.24, 2.45) is 0 Å². The second-order valence-electron chi connectivity index (χ2n) is 13.6. The lowest BCUT2D eigenvalue weighted by molar-refractivity contribution is 0.673. The van der Waals surface area contributed by atoms with Crippen molar-refractivity contribution >= 4 is 55.5 Å². The number of fused-ring (bicyclic) bond motifs is 10. The van der Waals surface area contributed by atoms with Crippen LogP contribution in [-0.2, 0) is 0 Å². The van der Waals surface area contributed by atoms with Crippen LogP contribution in [0.4, 0.5) is 0 Å². The molecule has 9 aromatic rings. The Morgan fingerprint density at radius 3 is 2.16 bits per heavy atom. The van der Waals surface area contributed by atoms with E-state index in [4.69, 9.17) is 4.42 Å². The third kappa shape index (κ3) is 4.45. The summed E-state index contributed by atoms with van der Waals surface area (Å²) in [5, 5.41) is 5.06. The zero-order valence-electron chi connectivity index (χ0n) is 27.7. The average Bonchev–Trinajstić information content (AvgIpc) is 3.87. The van der Waals surface area contributed by atoms with Crippen LogP contribution < -0.4 is 0 Å². The lowest BCUT2D eigenvalue weighted by Crippen LogP contribution is -2.07. The summed E-state index contributed by atoms with van der Waals surface area (Å²) in [5.41, 5.74) is 14.1. The SMILES string of the molecule is C1=CC2Sc3cccc(-c4cc(-c5cccc(-c6ccccc6)c5)cc(-n5c6ccccc6c6c7oc8ccccc8c7ccc65)c4)c3C2C=C1. The number of hydrogen-bond acceptors (Lipinski definition) is 2. The molecule has 7 aromatic carbocycles. The van der Waals surface area contributed by atoms with Gasteiger partial charge in [-0.2, -0.15) is 0 Å². The van der Waals surface area contributed by atoms with Crippen LogP contribution >= 0.6 is 11.8 Å². The number of nitrogens with zero attached hydrogens (tertiary/aromatic N) is 1. The molecular formula is C48H31NOS. The Morgan fingerprint density at radius 1 is 0.510 bits per heavy atom. The third-order valence-electron chi connectivity index (χ3n) is 10.7. The van der Waals surface area contributed by atoms with Gasteiger partial charge in [-0.05, 0) is 93.5 Å². The Labute approximate surface area is 300 Å². The minimum Gasteiger partial charge on any atom is -0.455 e. The molecule has 0 amide bonds. The van der Waals surface area contributed by atoms with Gasteiger partial charge < -0.3 is 8.98 Å². The van der Waals surface area contributed by atoms with E-state index in [1.165, 1.54) is 49.2 Å². The van der Waals surface area contributed by atoms with Crippen LogP contribution in [-0.4, -0.2) is 9.82 Å². The van der Waals surface area contributed by atoms with E-state index >= 15 is 0 Å². The molecule has 0 N–H and O–H groups in total. The number of hydrogen-bond donors (Lipinski definition) is 0. The van der Waals surface area contributed by atoms with Gasteiger partial charge in [-0.25, -0.2) is 0 Å². The van der Waals surface area contributed by atoms with Gasteiger partial charge in [0.2, 0.25) is 0 Å². The Kier molecular flexibility index (Phi) is 6.34. The van der Waals surface area contributed by atoms with Crippen molar-refractivity contribution in [2.45, 2.75) is 16.1 Å². The summed E-state index contributed by atoms with van der Waals surface area (Å²) >= 11 is 1.98. The van der Waals surface area contributed by atoms with E-state index in [1.807, 2.05) is 17.8 Å². The molecule has 11 rings (SSSR count). The van der Waals surface area contributed by atoms with Gasteiger partial charge in [0.1, 0.15) is 11.2 Å². The molecule has 0 fully saturated rings. The van der Waals surface area contributed by atoms with Gasteiger partial charge in [-0.1, -0.05) is 121 Å². The van der Waals surface area contributed by atoms with Crippen LogP contribution in [0, 0.1) is 0 Å². The molecule has 0 saturated heterocycles. The molecule has 2 aliphatic rings. The van der Waals surface area contributed by atoms with Gasteiger partial charge in [0, 0.05) is 37.9 Å². The normalized spacial score (nSPS) is 16.4. The summed E-state index contributed by atoms with van der Waals surface area (Å²) in [6, 6.07) is 55.3. The molecule has 2 nitrogen and oxygen atoms in total. The molecular weight excluding hydrogens is 639 g/mol. The number of para-hydroxylation sites is 2. The summed E-state index contributed by atoms with van der Waals surface area (Å²) in [7, 11) is 0. The van der Waals surface area contributed by atoms with Gasteiger partial charge >= 0.3 is 0 Å². The Bertz CT molecular complexity index is 2910. The Morgan fingerprint density at radius 2 is 1.24 bits per heavy atom. The summed E-state index contributed by atoms with van der Waals surface area (Å²) in [6.45, 7) is 0.